The summed E-state index contributed by atoms with van der Waals surface area (Å²) in [6.45, 7) is 5.54. The van der Waals surface area contributed by atoms with Crippen LogP contribution in [-0.4, -0.2) is 41.0 Å². The maximum absolute atomic E-state index is 12.3. The molecule has 2 amide bonds. The van der Waals surface area contributed by atoms with Crippen molar-refractivity contribution in [1.29, 1.82) is 0 Å². The van der Waals surface area contributed by atoms with Crippen molar-refractivity contribution in [2.24, 2.45) is 0 Å². The fraction of sp³-hybridized carbons (Fsp3) is 0.290. The van der Waals surface area contributed by atoms with E-state index in [1.807, 2.05) is 80.6 Å². The van der Waals surface area contributed by atoms with E-state index in [0.717, 1.165) is 42.8 Å². The zero-order chi connectivity index (χ0) is 27.5. The number of nitrogens with zero attached hydrogens (tertiary/aromatic N) is 3. The second-order valence-electron chi connectivity index (χ2n) is 9.38. The van der Waals surface area contributed by atoms with Crippen LogP contribution in [0.15, 0.2) is 90.8 Å². The minimum atomic E-state index is -0.105. The fourth-order valence-corrected chi connectivity index (χ4v) is 4.41. The van der Waals surface area contributed by atoms with Crippen molar-refractivity contribution in [2.45, 2.75) is 45.6 Å². The molecule has 0 saturated carbocycles. The molecule has 3 heterocycles. The molecule has 0 radical (unpaired) electrons. The van der Waals surface area contributed by atoms with Crippen molar-refractivity contribution < 1.29 is 14.3 Å². The third-order valence-electron chi connectivity index (χ3n) is 6.45. The van der Waals surface area contributed by atoms with Gasteiger partial charge in [0, 0.05) is 25.9 Å². The lowest BCUT2D eigenvalue weighted by Gasteiger charge is -2.33. The smallest absolute Gasteiger partial charge is 0.229 e. The molecule has 1 saturated heterocycles. The van der Waals surface area contributed by atoms with Crippen molar-refractivity contribution in [3.05, 3.63) is 96.4 Å². The standard InChI is InChI=1S/C31H35N5O3/c1-3-8-23(4-2)19-30(37)34-28-13-11-25(21-32-28)36-17-15-26(16-18-36)39-27-12-14-29(33-22-27)35-31(38)20-24-9-6-5-7-10-24/h3-14,21-22,26H,15-20H2,1-2H3,(H,32,34,37)(H,33,35,38)/b8-3-,23-4+. The van der Waals surface area contributed by atoms with E-state index in [-0.39, 0.29) is 17.9 Å². The third kappa shape index (κ3) is 8.53. The lowest BCUT2D eigenvalue weighted by atomic mass is 10.1. The predicted molar refractivity (Wildman–Crippen MR) is 155 cm³/mol. The molecule has 0 unspecified atom stereocenters. The maximum atomic E-state index is 12.3. The monoisotopic (exact) mass is 525 g/mol. The Morgan fingerprint density at radius 1 is 0.923 bits per heavy atom. The molecule has 1 aromatic carbocycles. The first-order valence-corrected chi connectivity index (χ1v) is 13.3. The summed E-state index contributed by atoms with van der Waals surface area (Å²) < 4.78 is 6.14. The van der Waals surface area contributed by atoms with E-state index in [1.165, 1.54) is 0 Å². The van der Waals surface area contributed by atoms with Gasteiger partial charge in [0.05, 0.1) is 30.9 Å². The Kier molecular flexibility index (Phi) is 9.83. The number of pyridine rings is 2. The summed E-state index contributed by atoms with van der Waals surface area (Å²) in [5, 5.41) is 5.69. The highest BCUT2D eigenvalue weighted by atomic mass is 16.5. The van der Waals surface area contributed by atoms with Gasteiger partial charge in [-0.25, -0.2) is 9.97 Å². The lowest BCUT2D eigenvalue weighted by Crippen LogP contribution is -2.38. The maximum Gasteiger partial charge on any atom is 0.229 e. The molecule has 0 aliphatic carbocycles. The van der Waals surface area contributed by atoms with Gasteiger partial charge in [0.1, 0.15) is 23.5 Å². The fourth-order valence-electron chi connectivity index (χ4n) is 4.41. The number of amides is 2. The van der Waals surface area contributed by atoms with Crippen LogP contribution in [0.3, 0.4) is 0 Å². The van der Waals surface area contributed by atoms with Gasteiger partial charge in [-0.1, -0.05) is 48.6 Å². The van der Waals surface area contributed by atoms with Crippen molar-refractivity contribution in [2.75, 3.05) is 28.6 Å². The highest BCUT2D eigenvalue weighted by molar-refractivity contribution is 5.92. The first kappa shape index (κ1) is 27.6. The molecule has 8 heteroatoms. The summed E-state index contributed by atoms with van der Waals surface area (Å²) >= 11 is 0. The summed E-state index contributed by atoms with van der Waals surface area (Å²) in [7, 11) is 0. The number of rotatable bonds is 10. The Morgan fingerprint density at radius 2 is 1.62 bits per heavy atom. The number of allylic oxidation sites excluding steroid dienone is 3. The van der Waals surface area contributed by atoms with Gasteiger partial charge in [-0.15, -0.1) is 0 Å². The van der Waals surface area contributed by atoms with Crippen LogP contribution < -0.4 is 20.3 Å². The number of aromatic nitrogens is 2. The topological polar surface area (TPSA) is 96.5 Å². The molecule has 1 aliphatic rings. The summed E-state index contributed by atoms with van der Waals surface area (Å²) in [5.41, 5.74) is 2.94. The Bertz CT molecular complexity index is 1280. The Morgan fingerprint density at radius 3 is 2.23 bits per heavy atom. The molecular weight excluding hydrogens is 490 g/mol. The van der Waals surface area contributed by atoms with E-state index in [2.05, 4.69) is 25.5 Å². The number of carbonyl (C=O) groups excluding carboxylic acids is 2. The summed E-state index contributed by atoms with van der Waals surface area (Å²) in [6.07, 6.45) is 11.7. The van der Waals surface area contributed by atoms with E-state index in [0.29, 0.717) is 30.2 Å². The van der Waals surface area contributed by atoms with Gasteiger partial charge in [0.2, 0.25) is 11.8 Å². The normalized spacial score (nSPS) is 14.3. The second-order valence-corrected chi connectivity index (χ2v) is 9.38. The highest BCUT2D eigenvalue weighted by Crippen LogP contribution is 2.24. The van der Waals surface area contributed by atoms with Gasteiger partial charge in [-0.05, 0) is 49.2 Å². The Labute approximate surface area is 229 Å². The van der Waals surface area contributed by atoms with Crippen LogP contribution in [-0.2, 0) is 16.0 Å². The molecule has 3 aromatic rings. The van der Waals surface area contributed by atoms with Crippen LogP contribution in [0.1, 0.15) is 38.7 Å². The van der Waals surface area contributed by atoms with Crippen molar-refractivity contribution in [1.82, 2.24) is 9.97 Å². The van der Waals surface area contributed by atoms with Gasteiger partial charge in [0.15, 0.2) is 0 Å². The molecule has 8 nitrogen and oxygen atoms in total. The zero-order valence-electron chi connectivity index (χ0n) is 22.5. The van der Waals surface area contributed by atoms with E-state index < -0.39 is 0 Å². The van der Waals surface area contributed by atoms with Crippen LogP contribution >= 0.6 is 0 Å². The molecule has 1 aliphatic heterocycles. The number of hydrogen-bond donors (Lipinski definition) is 2. The highest BCUT2D eigenvalue weighted by Gasteiger charge is 2.21. The summed E-state index contributed by atoms with van der Waals surface area (Å²) in [5.74, 6) is 1.55. The first-order valence-electron chi connectivity index (χ1n) is 13.3. The van der Waals surface area contributed by atoms with Crippen LogP contribution in [0.5, 0.6) is 5.75 Å². The molecule has 0 bridgehead atoms. The van der Waals surface area contributed by atoms with Gasteiger partial charge in [-0.2, -0.15) is 0 Å². The van der Waals surface area contributed by atoms with E-state index >= 15 is 0 Å². The number of hydrogen-bond acceptors (Lipinski definition) is 6. The molecule has 39 heavy (non-hydrogen) atoms. The number of benzene rings is 1. The molecule has 2 N–H and O–H groups in total. The van der Waals surface area contributed by atoms with Crippen LogP contribution in [0.2, 0.25) is 0 Å². The number of carbonyl (C=O) groups is 2. The van der Waals surface area contributed by atoms with Gasteiger partial charge in [0.25, 0.3) is 0 Å². The van der Waals surface area contributed by atoms with Crippen molar-refractivity contribution in [3.8, 4) is 5.75 Å². The minimum absolute atomic E-state index is 0.0866. The van der Waals surface area contributed by atoms with Crippen LogP contribution in [0, 0.1) is 0 Å². The molecule has 0 spiro atoms. The van der Waals surface area contributed by atoms with Crippen molar-refractivity contribution in [3.63, 3.8) is 0 Å². The first-order chi connectivity index (χ1) is 19.0. The van der Waals surface area contributed by atoms with E-state index in [1.54, 1.807) is 18.5 Å². The van der Waals surface area contributed by atoms with Gasteiger partial charge >= 0.3 is 0 Å². The molecule has 202 valence electrons. The van der Waals surface area contributed by atoms with Crippen molar-refractivity contribution >= 4 is 29.1 Å². The van der Waals surface area contributed by atoms with E-state index in [4.69, 9.17) is 4.74 Å². The largest absolute Gasteiger partial charge is 0.489 e. The average molecular weight is 526 g/mol. The molecule has 1 fully saturated rings. The summed E-state index contributed by atoms with van der Waals surface area (Å²) in [6, 6.07) is 17.0. The predicted octanol–water partition coefficient (Wildman–Crippen LogP) is 5.56. The molecule has 0 atom stereocenters. The quantitative estimate of drug-likeness (QED) is 0.337. The number of piperidine rings is 1. The molecule has 2 aromatic heterocycles. The number of nitrogens with one attached hydrogen (secondary N) is 2. The van der Waals surface area contributed by atoms with Gasteiger partial charge in [-0.3, -0.25) is 9.59 Å². The lowest BCUT2D eigenvalue weighted by molar-refractivity contribution is -0.116. The Balaban J connectivity index is 1.20. The van der Waals surface area contributed by atoms with E-state index in [9.17, 15) is 9.59 Å². The Hall–Kier alpha value is -4.46. The zero-order valence-corrected chi connectivity index (χ0v) is 22.5. The minimum Gasteiger partial charge on any atom is -0.489 e. The van der Waals surface area contributed by atoms with Crippen LogP contribution in [0.25, 0.3) is 0 Å². The number of anilines is 3. The second kappa shape index (κ2) is 13.9. The third-order valence-corrected chi connectivity index (χ3v) is 6.45. The van der Waals surface area contributed by atoms with Gasteiger partial charge < -0.3 is 20.3 Å². The molecule has 4 rings (SSSR count). The molecular formula is C31H35N5O3. The summed E-state index contributed by atoms with van der Waals surface area (Å²) in [4.78, 5) is 35.6. The number of ether oxygens (including phenoxy) is 1. The van der Waals surface area contributed by atoms with Crippen LogP contribution in [0.4, 0.5) is 17.3 Å². The SMILES string of the molecule is C/C=C\C(=C/C)CC(=O)Nc1ccc(N2CCC(Oc3ccc(NC(=O)Cc4ccccc4)nc3)CC2)cn1. The average Bonchev–Trinajstić information content (AvgIpc) is 2.95.